The van der Waals surface area contributed by atoms with Gasteiger partial charge >= 0.3 is 0 Å². The fourth-order valence-corrected chi connectivity index (χ4v) is 3.78. The van der Waals surface area contributed by atoms with Gasteiger partial charge in [0.1, 0.15) is 0 Å². The van der Waals surface area contributed by atoms with Gasteiger partial charge in [-0.05, 0) is 62.9 Å². The summed E-state index contributed by atoms with van der Waals surface area (Å²) in [7, 11) is 0. The van der Waals surface area contributed by atoms with Gasteiger partial charge in [-0.25, -0.2) is 0 Å². The molecule has 2 aromatic carbocycles. The van der Waals surface area contributed by atoms with Gasteiger partial charge in [-0.1, -0.05) is 24.3 Å². The van der Waals surface area contributed by atoms with Crippen molar-refractivity contribution in [3.63, 3.8) is 0 Å². The van der Waals surface area contributed by atoms with Crippen molar-refractivity contribution in [2.24, 2.45) is 0 Å². The van der Waals surface area contributed by atoms with Gasteiger partial charge in [0.2, 0.25) is 0 Å². The maximum Gasteiger partial charge on any atom is 0.257 e. The molecule has 27 heavy (non-hydrogen) atoms. The predicted molar refractivity (Wildman–Crippen MR) is 112 cm³/mol. The number of amides is 1. The second kappa shape index (κ2) is 7.39. The molecular weight excluding hydrogens is 334 g/mol. The van der Waals surface area contributed by atoms with Gasteiger partial charge in [-0.3, -0.25) is 9.78 Å². The SMILES string of the molecule is Cc1ccc2cc(C(=O)Nc3ccccc3N3CCCCC3)c(C)nc2c1. The molecule has 0 bridgehead atoms. The molecule has 4 rings (SSSR count). The maximum absolute atomic E-state index is 13.0. The summed E-state index contributed by atoms with van der Waals surface area (Å²) in [5.41, 5.74) is 5.45. The molecule has 4 heteroatoms. The number of fused-ring (bicyclic) bond motifs is 1. The van der Waals surface area contributed by atoms with E-state index < -0.39 is 0 Å². The highest BCUT2D eigenvalue weighted by Gasteiger charge is 2.17. The Hall–Kier alpha value is -2.88. The van der Waals surface area contributed by atoms with Crippen LogP contribution in [0.4, 0.5) is 11.4 Å². The Balaban J connectivity index is 1.64. The summed E-state index contributed by atoms with van der Waals surface area (Å²) in [6.45, 7) is 6.04. The zero-order valence-corrected chi connectivity index (χ0v) is 16.0. The number of piperidine rings is 1. The normalized spacial score (nSPS) is 14.4. The van der Waals surface area contributed by atoms with Crippen LogP contribution in [0.5, 0.6) is 0 Å². The minimum absolute atomic E-state index is 0.105. The number of benzene rings is 2. The van der Waals surface area contributed by atoms with Crippen molar-refractivity contribution >= 4 is 28.2 Å². The molecule has 2 heterocycles. The van der Waals surface area contributed by atoms with Crippen LogP contribution in [0.15, 0.2) is 48.5 Å². The Morgan fingerprint density at radius 1 is 1.00 bits per heavy atom. The molecule has 1 fully saturated rings. The Labute approximate surface area is 160 Å². The summed E-state index contributed by atoms with van der Waals surface area (Å²) in [4.78, 5) is 20.0. The molecule has 0 unspecified atom stereocenters. The summed E-state index contributed by atoms with van der Waals surface area (Å²) in [5.74, 6) is -0.105. The number of pyridine rings is 1. The molecule has 1 aliphatic rings. The lowest BCUT2D eigenvalue weighted by atomic mass is 10.1. The summed E-state index contributed by atoms with van der Waals surface area (Å²) >= 11 is 0. The van der Waals surface area contributed by atoms with Crippen molar-refractivity contribution < 1.29 is 4.79 Å². The molecule has 3 aromatic rings. The third-order valence-electron chi connectivity index (χ3n) is 5.26. The standard InChI is InChI=1S/C23H25N3O/c1-16-10-11-18-15-19(17(2)24-21(18)14-16)23(27)25-20-8-4-5-9-22(20)26-12-6-3-7-13-26/h4-5,8-11,14-15H,3,6-7,12-13H2,1-2H3,(H,25,27). The second-order valence-electron chi connectivity index (χ2n) is 7.34. The van der Waals surface area contributed by atoms with Crippen LogP contribution in [0.2, 0.25) is 0 Å². The number of hydrogen-bond acceptors (Lipinski definition) is 3. The van der Waals surface area contributed by atoms with Crippen LogP contribution in [0.3, 0.4) is 0 Å². The highest BCUT2D eigenvalue weighted by Crippen LogP contribution is 2.29. The number of aryl methyl sites for hydroxylation is 2. The number of hydrogen-bond donors (Lipinski definition) is 1. The van der Waals surface area contributed by atoms with Crippen molar-refractivity contribution in [1.82, 2.24) is 4.98 Å². The Bertz CT molecular complexity index is 990. The van der Waals surface area contributed by atoms with Gasteiger partial charge in [0, 0.05) is 18.5 Å². The first-order valence-electron chi connectivity index (χ1n) is 9.65. The number of para-hydroxylation sites is 2. The number of anilines is 2. The lowest BCUT2D eigenvalue weighted by molar-refractivity contribution is 0.102. The third-order valence-corrected chi connectivity index (χ3v) is 5.26. The van der Waals surface area contributed by atoms with E-state index in [9.17, 15) is 4.79 Å². The fraction of sp³-hybridized carbons (Fsp3) is 0.304. The molecule has 0 saturated carbocycles. The van der Waals surface area contributed by atoms with Gasteiger partial charge in [0.25, 0.3) is 5.91 Å². The Morgan fingerprint density at radius 3 is 2.59 bits per heavy atom. The van der Waals surface area contributed by atoms with Crippen LogP contribution in [-0.4, -0.2) is 24.0 Å². The van der Waals surface area contributed by atoms with Crippen molar-refractivity contribution in [2.45, 2.75) is 33.1 Å². The molecule has 1 N–H and O–H groups in total. The van der Waals surface area contributed by atoms with E-state index in [1.54, 1.807) is 0 Å². The topological polar surface area (TPSA) is 45.2 Å². The molecule has 0 spiro atoms. The van der Waals surface area contributed by atoms with Gasteiger partial charge in [-0.15, -0.1) is 0 Å². The average Bonchev–Trinajstić information content (AvgIpc) is 2.68. The lowest BCUT2D eigenvalue weighted by Crippen LogP contribution is -2.30. The molecule has 1 aliphatic heterocycles. The third kappa shape index (κ3) is 3.65. The van der Waals surface area contributed by atoms with E-state index in [1.807, 2.05) is 43.3 Å². The zero-order valence-electron chi connectivity index (χ0n) is 16.0. The zero-order chi connectivity index (χ0) is 18.8. The number of carbonyl (C=O) groups excluding carboxylic acids is 1. The molecular formula is C23H25N3O. The quantitative estimate of drug-likeness (QED) is 0.708. The second-order valence-corrected chi connectivity index (χ2v) is 7.34. The molecule has 0 aliphatic carbocycles. The summed E-state index contributed by atoms with van der Waals surface area (Å²) in [6.07, 6.45) is 3.69. The van der Waals surface area contributed by atoms with Crippen molar-refractivity contribution in [1.29, 1.82) is 0 Å². The summed E-state index contributed by atoms with van der Waals surface area (Å²) in [6, 6.07) is 16.1. The average molecular weight is 359 g/mol. The molecule has 4 nitrogen and oxygen atoms in total. The molecule has 1 aromatic heterocycles. The lowest BCUT2D eigenvalue weighted by Gasteiger charge is -2.30. The van der Waals surface area contributed by atoms with Gasteiger partial charge in [-0.2, -0.15) is 0 Å². The van der Waals surface area contributed by atoms with Crippen molar-refractivity contribution in [2.75, 3.05) is 23.3 Å². The number of rotatable bonds is 3. The Kier molecular flexibility index (Phi) is 4.80. The predicted octanol–water partition coefficient (Wildman–Crippen LogP) is 5.09. The molecule has 138 valence electrons. The van der Waals surface area contributed by atoms with E-state index in [1.165, 1.54) is 24.8 Å². The fourth-order valence-electron chi connectivity index (χ4n) is 3.78. The van der Waals surface area contributed by atoms with Gasteiger partial charge in [0.05, 0.1) is 28.1 Å². The van der Waals surface area contributed by atoms with E-state index in [0.717, 1.165) is 41.1 Å². The summed E-state index contributed by atoms with van der Waals surface area (Å²) in [5, 5.41) is 4.11. The Morgan fingerprint density at radius 2 is 1.78 bits per heavy atom. The first-order chi connectivity index (χ1) is 13.1. The van der Waals surface area contributed by atoms with Crippen LogP contribution in [-0.2, 0) is 0 Å². The van der Waals surface area contributed by atoms with Crippen molar-refractivity contribution in [3.8, 4) is 0 Å². The van der Waals surface area contributed by atoms with Gasteiger partial charge < -0.3 is 10.2 Å². The minimum atomic E-state index is -0.105. The molecule has 1 amide bonds. The van der Waals surface area contributed by atoms with E-state index in [0.29, 0.717) is 5.56 Å². The van der Waals surface area contributed by atoms with E-state index in [4.69, 9.17) is 0 Å². The molecule has 1 saturated heterocycles. The number of nitrogens with one attached hydrogen (secondary N) is 1. The van der Waals surface area contributed by atoms with Crippen LogP contribution in [0, 0.1) is 13.8 Å². The largest absolute Gasteiger partial charge is 0.370 e. The number of carbonyl (C=O) groups is 1. The number of aromatic nitrogens is 1. The van der Waals surface area contributed by atoms with Crippen LogP contribution in [0.1, 0.15) is 40.9 Å². The van der Waals surface area contributed by atoms with Crippen LogP contribution in [0.25, 0.3) is 10.9 Å². The smallest absolute Gasteiger partial charge is 0.257 e. The monoisotopic (exact) mass is 359 g/mol. The first kappa shape index (κ1) is 17.5. The summed E-state index contributed by atoms with van der Waals surface area (Å²) < 4.78 is 0. The van der Waals surface area contributed by atoms with E-state index in [2.05, 4.69) is 34.3 Å². The highest BCUT2D eigenvalue weighted by atomic mass is 16.1. The minimum Gasteiger partial charge on any atom is -0.370 e. The molecule has 0 atom stereocenters. The highest BCUT2D eigenvalue weighted by molar-refractivity contribution is 6.08. The van der Waals surface area contributed by atoms with Gasteiger partial charge in [0.15, 0.2) is 0 Å². The van der Waals surface area contributed by atoms with Crippen LogP contribution < -0.4 is 10.2 Å². The van der Waals surface area contributed by atoms with E-state index in [-0.39, 0.29) is 5.91 Å². The first-order valence-corrected chi connectivity index (χ1v) is 9.65. The van der Waals surface area contributed by atoms with Crippen LogP contribution >= 0.6 is 0 Å². The van der Waals surface area contributed by atoms with Crippen molar-refractivity contribution in [3.05, 3.63) is 65.4 Å². The maximum atomic E-state index is 13.0. The number of nitrogens with zero attached hydrogens (tertiary/aromatic N) is 2. The molecule has 0 radical (unpaired) electrons. The van der Waals surface area contributed by atoms with E-state index >= 15 is 0 Å².